The zero-order valence-corrected chi connectivity index (χ0v) is 24.6. The van der Waals surface area contributed by atoms with Gasteiger partial charge in [-0.1, -0.05) is 24.3 Å². The smallest absolute Gasteiger partial charge is 0.170 e. The summed E-state index contributed by atoms with van der Waals surface area (Å²) in [6, 6.07) is 14.0. The number of anilines is 2. The van der Waals surface area contributed by atoms with Crippen LogP contribution in [-0.4, -0.2) is 8.75 Å². The van der Waals surface area contributed by atoms with Crippen LogP contribution in [0.2, 0.25) is 0 Å². The Morgan fingerprint density at radius 2 is 0.756 bits per heavy atom. The molecule has 4 N–H and O–H groups in total. The van der Waals surface area contributed by atoms with Gasteiger partial charge >= 0.3 is 0 Å². The number of nitrogen functional groups attached to an aromatic ring is 2. The Morgan fingerprint density at radius 1 is 0.463 bits per heavy atom. The van der Waals surface area contributed by atoms with Gasteiger partial charge in [0.25, 0.3) is 0 Å². The van der Waals surface area contributed by atoms with Crippen molar-refractivity contribution >= 4 is 79.5 Å². The lowest BCUT2D eigenvalue weighted by Crippen LogP contribution is -2.05. The number of nitrogens with two attached hydrogens (primary N) is 2. The summed E-state index contributed by atoms with van der Waals surface area (Å²) in [5, 5.41) is 7.20. The summed E-state index contributed by atoms with van der Waals surface area (Å²) in [5.74, 6) is -3.63. The molecule has 0 radical (unpaired) electrons. The van der Waals surface area contributed by atoms with Crippen LogP contribution in [0.4, 0.5) is 28.9 Å². The minimum absolute atomic E-state index is 0.0373. The summed E-state index contributed by atoms with van der Waals surface area (Å²) in [6.45, 7) is 0. The normalized spacial score (nSPS) is 11.1. The first kappa shape index (κ1) is 27.5. The van der Waals surface area contributed by atoms with E-state index in [1.807, 2.05) is 10.8 Å². The molecular formula is C28H16F4N4S5. The number of hydrogen-bond acceptors (Lipinski definition) is 9. The Balaban J connectivity index is 0.000000148. The Morgan fingerprint density at radius 3 is 1.05 bits per heavy atom. The lowest BCUT2D eigenvalue weighted by Gasteiger charge is -2.14. The molecule has 5 aromatic heterocycles. The molecule has 0 bridgehead atoms. The second-order valence-electron chi connectivity index (χ2n) is 8.45. The predicted octanol–water partition coefficient (Wildman–Crippen LogP) is 10.0. The summed E-state index contributed by atoms with van der Waals surface area (Å²) in [6.07, 6.45) is 0. The first-order valence-corrected chi connectivity index (χ1v) is 16.0. The molecule has 0 saturated heterocycles. The summed E-state index contributed by atoms with van der Waals surface area (Å²) >= 11 is 6.25. The molecule has 0 saturated carbocycles. The van der Waals surface area contributed by atoms with Gasteiger partial charge in [-0.05, 0) is 45.8 Å². The molecule has 0 fully saturated rings. The fourth-order valence-electron chi connectivity index (χ4n) is 4.28. The van der Waals surface area contributed by atoms with Crippen LogP contribution in [0.1, 0.15) is 0 Å². The van der Waals surface area contributed by atoms with Gasteiger partial charge < -0.3 is 11.5 Å². The highest BCUT2D eigenvalue weighted by Gasteiger charge is 2.26. The molecule has 5 heterocycles. The minimum Gasteiger partial charge on any atom is -0.396 e. The van der Waals surface area contributed by atoms with Crippen molar-refractivity contribution in [1.82, 2.24) is 8.75 Å². The third kappa shape index (κ3) is 4.83. The van der Waals surface area contributed by atoms with Crippen LogP contribution >= 0.6 is 57.1 Å². The van der Waals surface area contributed by atoms with Gasteiger partial charge in [-0.3, -0.25) is 0 Å². The number of rotatable bonds is 4. The number of aromatic nitrogens is 2. The molecule has 0 atom stereocenters. The van der Waals surface area contributed by atoms with Crippen LogP contribution in [0.3, 0.4) is 0 Å². The van der Waals surface area contributed by atoms with Crippen molar-refractivity contribution in [3.8, 4) is 41.8 Å². The highest BCUT2D eigenvalue weighted by molar-refractivity contribution is 7.14. The third-order valence-corrected chi connectivity index (χ3v) is 10.2. The number of thiophene rings is 4. The van der Waals surface area contributed by atoms with Gasteiger partial charge in [0.2, 0.25) is 0 Å². The predicted molar refractivity (Wildman–Crippen MR) is 166 cm³/mol. The van der Waals surface area contributed by atoms with E-state index >= 15 is 0 Å². The third-order valence-electron chi connectivity index (χ3n) is 6.12. The topological polar surface area (TPSA) is 77.8 Å². The molecule has 2 aromatic carbocycles. The molecule has 0 aliphatic heterocycles. The number of nitrogens with zero attached hydrogens (tertiary/aromatic N) is 2. The van der Waals surface area contributed by atoms with E-state index in [2.05, 4.69) is 8.75 Å². The molecule has 4 nitrogen and oxygen atoms in total. The van der Waals surface area contributed by atoms with E-state index in [9.17, 15) is 17.6 Å². The largest absolute Gasteiger partial charge is 0.396 e. The molecule has 7 rings (SSSR count). The van der Waals surface area contributed by atoms with Crippen molar-refractivity contribution in [1.29, 1.82) is 0 Å². The van der Waals surface area contributed by atoms with Gasteiger partial charge in [0.1, 0.15) is 11.0 Å². The highest BCUT2D eigenvalue weighted by Crippen LogP contribution is 2.45. The van der Waals surface area contributed by atoms with Gasteiger partial charge in [-0.15, -0.1) is 45.3 Å². The van der Waals surface area contributed by atoms with Crippen LogP contribution in [0.15, 0.2) is 70.1 Å². The van der Waals surface area contributed by atoms with Gasteiger partial charge in [0.05, 0.1) is 45.4 Å². The molecule has 41 heavy (non-hydrogen) atoms. The number of halogens is 4. The van der Waals surface area contributed by atoms with Crippen molar-refractivity contribution in [2.24, 2.45) is 0 Å². The van der Waals surface area contributed by atoms with Crippen LogP contribution in [-0.2, 0) is 0 Å². The van der Waals surface area contributed by atoms with Crippen molar-refractivity contribution < 1.29 is 17.6 Å². The second kappa shape index (κ2) is 11.3. The Kier molecular flexibility index (Phi) is 7.62. The van der Waals surface area contributed by atoms with Crippen LogP contribution in [0.5, 0.6) is 0 Å². The fourth-order valence-corrected chi connectivity index (χ4v) is 7.93. The van der Waals surface area contributed by atoms with E-state index < -0.39 is 23.3 Å². The van der Waals surface area contributed by atoms with Crippen LogP contribution in [0, 0.1) is 23.3 Å². The zero-order chi connectivity index (χ0) is 28.7. The molecule has 0 unspecified atom stereocenters. The molecular weight excluding hydrogens is 629 g/mol. The van der Waals surface area contributed by atoms with Gasteiger partial charge in [-0.25, -0.2) is 17.6 Å². The minimum atomic E-state index is -0.956. The van der Waals surface area contributed by atoms with E-state index in [0.717, 1.165) is 11.7 Å². The fraction of sp³-hybridized carbons (Fsp3) is 0. The number of benzene rings is 2. The lowest BCUT2D eigenvalue weighted by molar-refractivity contribution is 0.515. The summed E-state index contributed by atoms with van der Waals surface area (Å²) in [7, 11) is 0. The number of hydrogen-bond donors (Lipinski definition) is 2. The van der Waals surface area contributed by atoms with E-state index in [1.165, 1.54) is 45.3 Å². The SMILES string of the molecule is Fc1c(F)c(-c2cccs2)c2nsnc2c1-c1cccs1.Nc1c(N)c(-c2cccs2)c(F)c(F)c1-c1cccs1. The average Bonchev–Trinajstić information content (AvgIpc) is 3.80. The molecule has 7 aromatic rings. The molecule has 206 valence electrons. The highest BCUT2D eigenvalue weighted by atomic mass is 32.1. The van der Waals surface area contributed by atoms with Crippen molar-refractivity contribution in [3.63, 3.8) is 0 Å². The quantitative estimate of drug-likeness (QED) is 0.148. The molecule has 0 amide bonds. The Labute approximate surface area is 251 Å². The standard InChI is InChI=1S/C14H6F2N2S3.C14H10F2N2S2/c15-11-9(7-3-1-5-19-7)13-14(18-21-17-13)10(12(11)16)8-4-2-6-20-8;15-11-9(7-3-1-5-19-7)13(17)14(18)10(12(11)16)8-4-2-6-20-8/h1-6H;1-6H,17-18H2. The van der Waals surface area contributed by atoms with Crippen molar-refractivity contribution in [2.75, 3.05) is 11.5 Å². The maximum absolute atomic E-state index is 14.6. The lowest BCUT2D eigenvalue weighted by atomic mass is 10.0. The average molecular weight is 645 g/mol. The van der Waals surface area contributed by atoms with E-state index in [0.29, 0.717) is 30.5 Å². The zero-order valence-electron chi connectivity index (χ0n) is 20.5. The Hall–Kier alpha value is -3.62. The van der Waals surface area contributed by atoms with Gasteiger partial charge in [0.15, 0.2) is 23.3 Å². The Bertz CT molecular complexity index is 1780. The molecule has 0 aliphatic carbocycles. The van der Waals surface area contributed by atoms with Gasteiger partial charge in [0, 0.05) is 19.5 Å². The molecule has 0 spiro atoms. The second-order valence-corrected chi connectivity index (χ2v) is 12.8. The summed E-state index contributed by atoms with van der Waals surface area (Å²) < 4.78 is 66.3. The molecule has 13 heteroatoms. The monoisotopic (exact) mass is 644 g/mol. The molecule has 0 aliphatic rings. The van der Waals surface area contributed by atoms with E-state index in [1.54, 1.807) is 59.3 Å². The summed E-state index contributed by atoms with van der Waals surface area (Å²) in [4.78, 5) is 2.43. The first-order valence-electron chi connectivity index (χ1n) is 11.7. The summed E-state index contributed by atoms with van der Waals surface area (Å²) in [5.41, 5.74) is 13.3. The van der Waals surface area contributed by atoms with Crippen LogP contribution in [0.25, 0.3) is 52.8 Å². The van der Waals surface area contributed by atoms with Gasteiger partial charge in [-0.2, -0.15) is 8.75 Å². The first-order chi connectivity index (χ1) is 19.9. The van der Waals surface area contributed by atoms with Crippen molar-refractivity contribution in [3.05, 3.63) is 93.3 Å². The number of fused-ring (bicyclic) bond motifs is 1. The van der Waals surface area contributed by atoms with E-state index in [-0.39, 0.29) is 33.6 Å². The van der Waals surface area contributed by atoms with E-state index in [4.69, 9.17) is 11.5 Å². The maximum Gasteiger partial charge on any atom is 0.170 e. The van der Waals surface area contributed by atoms with Crippen molar-refractivity contribution in [2.45, 2.75) is 0 Å². The van der Waals surface area contributed by atoms with Crippen LogP contribution < -0.4 is 11.5 Å². The maximum atomic E-state index is 14.6.